The largest absolute Gasteiger partial charge is 0.317 e. The van der Waals surface area contributed by atoms with Crippen LogP contribution >= 0.6 is 0 Å². The van der Waals surface area contributed by atoms with Gasteiger partial charge < -0.3 is 10.2 Å². The van der Waals surface area contributed by atoms with Crippen molar-refractivity contribution in [1.82, 2.24) is 10.2 Å². The third-order valence-corrected chi connectivity index (χ3v) is 5.87. The SMILES string of the molecule is CNC1CCC(N(C)C2CCCC(C)C2C)CC1. The van der Waals surface area contributed by atoms with Gasteiger partial charge in [0, 0.05) is 18.1 Å². The molecule has 0 saturated heterocycles. The van der Waals surface area contributed by atoms with Crippen molar-refractivity contribution in [1.29, 1.82) is 0 Å². The van der Waals surface area contributed by atoms with Crippen molar-refractivity contribution < 1.29 is 0 Å². The van der Waals surface area contributed by atoms with Crippen molar-refractivity contribution in [2.45, 2.75) is 76.9 Å². The molecule has 3 unspecified atom stereocenters. The Hall–Kier alpha value is -0.0800. The summed E-state index contributed by atoms with van der Waals surface area (Å²) in [6, 6.07) is 2.45. The minimum absolute atomic E-state index is 0.775. The van der Waals surface area contributed by atoms with Crippen molar-refractivity contribution in [2.24, 2.45) is 11.8 Å². The van der Waals surface area contributed by atoms with Crippen LogP contribution in [0, 0.1) is 11.8 Å². The van der Waals surface area contributed by atoms with Gasteiger partial charge in [-0.05, 0) is 58.0 Å². The summed E-state index contributed by atoms with van der Waals surface area (Å²) < 4.78 is 0. The molecule has 0 aromatic carbocycles. The lowest BCUT2D eigenvalue weighted by Gasteiger charge is -2.45. The Bertz CT molecular complexity index is 245. The number of hydrogen-bond acceptors (Lipinski definition) is 2. The van der Waals surface area contributed by atoms with Gasteiger partial charge in [-0.15, -0.1) is 0 Å². The van der Waals surface area contributed by atoms with Gasteiger partial charge in [0.1, 0.15) is 0 Å². The molecular weight excluding hydrogens is 220 g/mol. The van der Waals surface area contributed by atoms with Gasteiger partial charge in [-0.25, -0.2) is 0 Å². The summed E-state index contributed by atoms with van der Waals surface area (Å²) in [5.41, 5.74) is 0. The first kappa shape index (κ1) is 14.3. The van der Waals surface area contributed by atoms with Gasteiger partial charge in [0.15, 0.2) is 0 Å². The third-order valence-electron chi connectivity index (χ3n) is 5.87. The van der Waals surface area contributed by atoms with Gasteiger partial charge in [-0.1, -0.05) is 26.7 Å². The van der Waals surface area contributed by atoms with Gasteiger partial charge in [-0.2, -0.15) is 0 Å². The second kappa shape index (κ2) is 6.38. The third kappa shape index (κ3) is 3.08. The molecule has 0 aromatic rings. The van der Waals surface area contributed by atoms with Crippen LogP contribution in [0.1, 0.15) is 58.8 Å². The molecule has 0 aliphatic heterocycles. The summed E-state index contributed by atoms with van der Waals surface area (Å²) in [5, 5.41) is 3.44. The van der Waals surface area contributed by atoms with E-state index in [1.54, 1.807) is 0 Å². The van der Waals surface area contributed by atoms with E-state index in [4.69, 9.17) is 0 Å². The van der Waals surface area contributed by atoms with Crippen LogP contribution in [0.3, 0.4) is 0 Å². The fourth-order valence-corrected chi connectivity index (χ4v) is 4.17. The molecule has 0 spiro atoms. The smallest absolute Gasteiger partial charge is 0.0123 e. The molecule has 2 aliphatic rings. The second-order valence-electron chi connectivity index (χ2n) is 6.79. The lowest BCUT2D eigenvalue weighted by molar-refractivity contribution is 0.0509. The fraction of sp³-hybridized carbons (Fsp3) is 1.00. The summed E-state index contributed by atoms with van der Waals surface area (Å²) in [4.78, 5) is 2.74. The van der Waals surface area contributed by atoms with E-state index < -0.39 is 0 Å². The lowest BCUT2D eigenvalue weighted by Crippen LogP contribution is -2.49. The summed E-state index contributed by atoms with van der Waals surface area (Å²) in [7, 11) is 4.50. The van der Waals surface area contributed by atoms with Crippen LogP contribution in [0.15, 0.2) is 0 Å². The Labute approximate surface area is 114 Å². The average Bonchev–Trinajstić information content (AvgIpc) is 2.41. The Morgan fingerprint density at radius 3 is 2.22 bits per heavy atom. The predicted molar refractivity (Wildman–Crippen MR) is 78.8 cm³/mol. The van der Waals surface area contributed by atoms with Crippen molar-refractivity contribution in [3.05, 3.63) is 0 Å². The molecule has 0 amide bonds. The molecule has 18 heavy (non-hydrogen) atoms. The zero-order valence-electron chi connectivity index (χ0n) is 12.8. The second-order valence-corrected chi connectivity index (χ2v) is 6.79. The number of nitrogens with one attached hydrogen (secondary N) is 1. The minimum atomic E-state index is 0.775. The van der Waals surface area contributed by atoms with Crippen LogP contribution in [0.4, 0.5) is 0 Å². The topological polar surface area (TPSA) is 15.3 Å². The van der Waals surface area contributed by atoms with E-state index in [0.29, 0.717) is 0 Å². The van der Waals surface area contributed by atoms with Gasteiger partial charge in [-0.3, -0.25) is 0 Å². The highest BCUT2D eigenvalue weighted by atomic mass is 15.2. The van der Waals surface area contributed by atoms with Crippen LogP contribution < -0.4 is 5.32 Å². The van der Waals surface area contributed by atoms with E-state index in [0.717, 1.165) is 30.0 Å². The minimum Gasteiger partial charge on any atom is -0.317 e. The average molecular weight is 252 g/mol. The molecule has 2 saturated carbocycles. The van der Waals surface area contributed by atoms with Crippen LogP contribution in [-0.4, -0.2) is 37.1 Å². The Balaban J connectivity index is 1.88. The monoisotopic (exact) mass is 252 g/mol. The molecule has 2 rings (SSSR count). The Kier molecular flexibility index (Phi) is 5.08. The zero-order chi connectivity index (χ0) is 13.1. The molecule has 2 nitrogen and oxygen atoms in total. The van der Waals surface area contributed by atoms with E-state index in [1.807, 2.05) is 0 Å². The van der Waals surface area contributed by atoms with Gasteiger partial charge >= 0.3 is 0 Å². The summed E-state index contributed by atoms with van der Waals surface area (Å²) >= 11 is 0. The standard InChI is InChI=1S/C16H32N2/c1-12-6-5-7-16(13(12)2)18(4)15-10-8-14(17-3)9-11-15/h12-17H,5-11H2,1-4H3. The maximum atomic E-state index is 3.44. The summed E-state index contributed by atoms with van der Waals surface area (Å²) in [6.45, 7) is 4.92. The van der Waals surface area contributed by atoms with Gasteiger partial charge in [0.05, 0.1) is 0 Å². The first-order chi connectivity index (χ1) is 8.63. The number of hydrogen-bond donors (Lipinski definition) is 1. The highest BCUT2D eigenvalue weighted by Crippen LogP contribution is 2.35. The Morgan fingerprint density at radius 1 is 0.944 bits per heavy atom. The lowest BCUT2D eigenvalue weighted by atomic mass is 9.76. The van der Waals surface area contributed by atoms with Crippen molar-refractivity contribution in [3.8, 4) is 0 Å². The molecular formula is C16H32N2. The van der Waals surface area contributed by atoms with E-state index in [1.165, 1.54) is 44.9 Å². The summed E-state index contributed by atoms with van der Waals surface area (Å²) in [5.74, 6) is 1.80. The van der Waals surface area contributed by atoms with Gasteiger partial charge in [0.25, 0.3) is 0 Å². The highest BCUT2D eigenvalue weighted by molar-refractivity contribution is 4.89. The number of nitrogens with zero attached hydrogens (tertiary/aromatic N) is 1. The van der Waals surface area contributed by atoms with Crippen molar-refractivity contribution >= 4 is 0 Å². The maximum Gasteiger partial charge on any atom is 0.0123 e. The first-order valence-corrected chi connectivity index (χ1v) is 8.02. The highest BCUT2D eigenvalue weighted by Gasteiger charge is 2.34. The molecule has 2 fully saturated rings. The van der Waals surface area contributed by atoms with E-state index in [-0.39, 0.29) is 0 Å². The van der Waals surface area contributed by atoms with E-state index in [2.05, 4.69) is 38.2 Å². The fourth-order valence-electron chi connectivity index (χ4n) is 4.17. The van der Waals surface area contributed by atoms with E-state index in [9.17, 15) is 0 Å². The van der Waals surface area contributed by atoms with Crippen LogP contribution in [0.25, 0.3) is 0 Å². The molecule has 0 aromatic heterocycles. The molecule has 0 bridgehead atoms. The normalized spacial score (nSPS) is 42.2. The zero-order valence-corrected chi connectivity index (χ0v) is 12.8. The van der Waals surface area contributed by atoms with Crippen molar-refractivity contribution in [2.75, 3.05) is 14.1 Å². The molecule has 3 atom stereocenters. The van der Waals surface area contributed by atoms with Gasteiger partial charge in [0.2, 0.25) is 0 Å². The first-order valence-electron chi connectivity index (χ1n) is 8.02. The molecule has 2 aliphatic carbocycles. The quantitative estimate of drug-likeness (QED) is 0.829. The van der Waals surface area contributed by atoms with Crippen molar-refractivity contribution in [3.63, 3.8) is 0 Å². The number of rotatable bonds is 3. The summed E-state index contributed by atoms with van der Waals surface area (Å²) in [6.07, 6.45) is 9.81. The molecule has 0 radical (unpaired) electrons. The molecule has 0 heterocycles. The van der Waals surface area contributed by atoms with Crippen LogP contribution in [0.2, 0.25) is 0 Å². The molecule has 106 valence electrons. The Morgan fingerprint density at radius 2 is 1.61 bits per heavy atom. The van der Waals surface area contributed by atoms with E-state index >= 15 is 0 Å². The maximum absolute atomic E-state index is 3.44. The molecule has 2 heteroatoms. The predicted octanol–water partition coefficient (Wildman–Crippen LogP) is 3.27. The van der Waals surface area contributed by atoms with Crippen LogP contribution in [0.5, 0.6) is 0 Å². The van der Waals surface area contributed by atoms with Crippen LogP contribution in [-0.2, 0) is 0 Å². The molecule has 1 N–H and O–H groups in total.